The third-order valence-corrected chi connectivity index (χ3v) is 2.89. The number of benzene rings is 1. The van der Waals surface area contributed by atoms with Gasteiger partial charge in [-0.3, -0.25) is 4.84 Å². The first-order valence-corrected chi connectivity index (χ1v) is 5.25. The highest BCUT2D eigenvalue weighted by molar-refractivity contribution is 6.35. The zero-order valence-corrected chi connectivity index (χ0v) is 9.35. The Bertz CT molecular complexity index is 343. The molecule has 14 heavy (non-hydrogen) atoms. The standard InChI is InChI=1S/C10H11Cl2NO/c1-13-5-4-10(14-13)8-3-2-7(11)6-9(8)12/h2-3,6,10H,4-5H2,1H3. The highest BCUT2D eigenvalue weighted by atomic mass is 35.5. The maximum atomic E-state index is 6.07. The zero-order valence-electron chi connectivity index (χ0n) is 7.84. The molecule has 2 nitrogen and oxygen atoms in total. The summed E-state index contributed by atoms with van der Waals surface area (Å²) in [5.41, 5.74) is 1.01. The Morgan fingerprint density at radius 1 is 1.43 bits per heavy atom. The minimum Gasteiger partial charge on any atom is -0.291 e. The van der Waals surface area contributed by atoms with E-state index in [2.05, 4.69) is 0 Å². The molecule has 4 heteroatoms. The van der Waals surface area contributed by atoms with Gasteiger partial charge in [-0.2, -0.15) is 5.06 Å². The molecule has 1 heterocycles. The summed E-state index contributed by atoms with van der Waals surface area (Å²) < 4.78 is 0. The summed E-state index contributed by atoms with van der Waals surface area (Å²) >= 11 is 11.9. The molecule has 0 radical (unpaired) electrons. The fourth-order valence-electron chi connectivity index (χ4n) is 1.60. The van der Waals surface area contributed by atoms with Crippen molar-refractivity contribution in [2.75, 3.05) is 13.6 Å². The fourth-order valence-corrected chi connectivity index (χ4v) is 2.13. The molecule has 1 aromatic carbocycles. The zero-order chi connectivity index (χ0) is 10.1. The van der Waals surface area contributed by atoms with Crippen LogP contribution in [0.3, 0.4) is 0 Å². The van der Waals surface area contributed by atoms with Crippen LogP contribution in [-0.4, -0.2) is 18.7 Å². The van der Waals surface area contributed by atoms with Gasteiger partial charge in [-0.05, 0) is 18.6 Å². The van der Waals surface area contributed by atoms with E-state index in [1.165, 1.54) is 0 Å². The molecule has 1 aliphatic heterocycles. The number of rotatable bonds is 1. The van der Waals surface area contributed by atoms with Crippen LogP contribution in [0.25, 0.3) is 0 Å². The molecule has 1 atom stereocenters. The Morgan fingerprint density at radius 3 is 2.79 bits per heavy atom. The van der Waals surface area contributed by atoms with E-state index in [-0.39, 0.29) is 6.10 Å². The SMILES string of the molecule is CN1CCC(c2ccc(Cl)cc2Cl)O1. The Balaban J connectivity index is 2.24. The van der Waals surface area contributed by atoms with Crippen molar-refractivity contribution in [3.63, 3.8) is 0 Å². The summed E-state index contributed by atoms with van der Waals surface area (Å²) in [6.45, 7) is 0.934. The summed E-state index contributed by atoms with van der Waals surface area (Å²) in [5, 5.41) is 3.16. The Morgan fingerprint density at radius 2 is 2.21 bits per heavy atom. The average molecular weight is 232 g/mol. The van der Waals surface area contributed by atoms with Crippen LogP contribution in [0.4, 0.5) is 0 Å². The van der Waals surface area contributed by atoms with Gasteiger partial charge in [-0.25, -0.2) is 0 Å². The van der Waals surface area contributed by atoms with Gasteiger partial charge in [0.05, 0.1) is 0 Å². The number of hydroxylamine groups is 2. The smallest absolute Gasteiger partial charge is 0.107 e. The molecule has 0 aliphatic carbocycles. The van der Waals surface area contributed by atoms with Crippen LogP contribution in [-0.2, 0) is 4.84 Å². The first-order chi connectivity index (χ1) is 6.66. The second-order valence-corrected chi connectivity index (χ2v) is 4.24. The first-order valence-electron chi connectivity index (χ1n) is 4.49. The maximum absolute atomic E-state index is 6.07. The Hall–Kier alpha value is -0.280. The van der Waals surface area contributed by atoms with Gasteiger partial charge in [-0.15, -0.1) is 0 Å². The lowest BCUT2D eigenvalue weighted by Crippen LogP contribution is -2.10. The first kappa shape index (κ1) is 10.2. The lowest BCUT2D eigenvalue weighted by atomic mass is 10.1. The average Bonchev–Trinajstić information content (AvgIpc) is 2.51. The summed E-state index contributed by atoms with van der Waals surface area (Å²) in [6.07, 6.45) is 1.04. The second kappa shape index (κ2) is 4.07. The van der Waals surface area contributed by atoms with Gasteiger partial charge < -0.3 is 0 Å². The second-order valence-electron chi connectivity index (χ2n) is 3.40. The monoisotopic (exact) mass is 231 g/mol. The molecule has 1 aliphatic rings. The largest absolute Gasteiger partial charge is 0.291 e. The van der Waals surface area contributed by atoms with E-state index >= 15 is 0 Å². The van der Waals surface area contributed by atoms with E-state index in [4.69, 9.17) is 28.0 Å². The van der Waals surface area contributed by atoms with E-state index in [9.17, 15) is 0 Å². The molecule has 1 saturated heterocycles. The molecule has 1 unspecified atom stereocenters. The normalized spacial score (nSPS) is 22.9. The topological polar surface area (TPSA) is 12.5 Å². The summed E-state index contributed by atoms with van der Waals surface area (Å²) in [6, 6.07) is 5.51. The molecular formula is C10H11Cl2NO. The fraction of sp³-hybridized carbons (Fsp3) is 0.400. The van der Waals surface area contributed by atoms with E-state index in [0.717, 1.165) is 18.5 Å². The van der Waals surface area contributed by atoms with Gasteiger partial charge in [0.2, 0.25) is 0 Å². The van der Waals surface area contributed by atoms with Crippen LogP contribution in [0.5, 0.6) is 0 Å². The van der Waals surface area contributed by atoms with Gasteiger partial charge >= 0.3 is 0 Å². The molecular weight excluding hydrogens is 221 g/mol. The van der Waals surface area contributed by atoms with Crippen molar-refractivity contribution >= 4 is 23.2 Å². The van der Waals surface area contributed by atoms with Crippen molar-refractivity contribution in [2.45, 2.75) is 12.5 Å². The number of nitrogens with zero attached hydrogens (tertiary/aromatic N) is 1. The van der Waals surface area contributed by atoms with Crippen molar-refractivity contribution in [2.24, 2.45) is 0 Å². The van der Waals surface area contributed by atoms with Gasteiger partial charge in [-0.1, -0.05) is 29.3 Å². The van der Waals surface area contributed by atoms with Gasteiger partial charge in [0.1, 0.15) is 6.10 Å². The van der Waals surface area contributed by atoms with Crippen LogP contribution in [0.1, 0.15) is 18.1 Å². The molecule has 0 N–H and O–H groups in total. The van der Waals surface area contributed by atoms with E-state index < -0.39 is 0 Å². The van der Waals surface area contributed by atoms with Crippen LogP contribution in [0.15, 0.2) is 18.2 Å². The summed E-state index contributed by atoms with van der Waals surface area (Å²) in [5.74, 6) is 0. The highest BCUT2D eigenvalue weighted by Crippen LogP contribution is 2.33. The molecule has 0 bridgehead atoms. The minimum absolute atomic E-state index is 0.0739. The van der Waals surface area contributed by atoms with Crippen LogP contribution >= 0.6 is 23.2 Å². The molecule has 0 spiro atoms. The van der Waals surface area contributed by atoms with Crippen LogP contribution in [0, 0.1) is 0 Å². The Labute approximate surface area is 93.3 Å². The predicted molar refractivity (Wildman–Crippen MR) is 57.5 cm³/mol. The molecule has 76 valence electrons. The molecule has 1 aromatic rings. The summed E-state index contributed by atoms with van der Waals surface area (Å²) in [4.78, 5) is 5.57. The van der Waals surface area contributed by atoms with Crippen LogP contribution < -0.4 is 0 Å². The van der Waals surface area contributed by atoms with Crippen molar-refractivity contribution in [3.05, 3.63) is 33.8 Å². The highest BCUT2D eigenvalue weighted by Gasteiger charge is 2.24. The summed E-state index contributed by atoms with van der Waals surface area (Å²) in [7, 11) is 1.92. The molecule has 2 rings (SSSR count). The lowest BCUT2D eigenvalue weighted by Gasteiger charge is -2.13. The van der Waals surface area contributed by atoms with Gasteiger partial charge in [0.25, 0.3) is 0 Å². The van der Waals surface area contributed by atoms with Crippen molar-refractivity contribution in [1.82, 2.24) is 5.06 Å². The quantitative estimate of drug-likeness (QED) is 0.736. The lowest BCUT2D eigenvalue weighted by molar-refractivity contribution is -0.128. The molecule has 0 saturated carbocycles. The van der Waals surface area contributed by atoms with Gasteiger partial charge in [0.15, 0.2) is 0 Å². The molecule has 1 fully saturated rings. The number of halogens is 2. The third-order valence-electron chi connectivity index (χ3n) is 2.32. The number of hydrogen-bond acceptors (Lipinski definition) is 2. The van der Waals surface area contributed by atoms with E-state index in [0.29, 0.717) is 10.0 Å². The van der Waals surface area contributed by atoms with Crippen LogP contribution in [0.2, 0.25) is 10.0 Å². The van der Waals surface area contributed by atoms with Gasteiger partial charge in [0, 0.05) is 29.2 Å². The minimum atomic E-state index is 0.0739. The predicted octanol–water partition coefficient (Wildman–Crippen LogP) is 3.30. The molecule has 0 amide bonds. The Kier molecular flexibility index (Phi) is 2.98. The van der Waals surface area contributed by atoms with Crippen molar-refractivity contribution in [3.8, 4) is 0 Å². The third kappa shape index (κ3) is 2.04. The van der Waals surface area contributed by atoms with Crippen molar-refractivity contribution < 1.29 is 4.84 Å². The van der Waals surface area contributed by atoms with E-state index in [1.807, 2.05) is 24.2 Å². The van der Waals surface area contributed by atoms with E-state index in [1.54, 1.807) is 6.07 Å². The number of hydrogen-bond donors (Lipinski definition) is 0. The maximum Gasteiger partial charge on any atom is 0.107 e. The van der Waals surface area contributed by atoms with Crippen molar-refractivity contribution in [1.29, 1.82) is 0 Å². The molecule has 0 aromatic heterocycles.